The second-order valence-electron chi connectivity index (χ2n) is 12.6. The molecule has 0 spiro atoms. The number of rotatable bonds is 24. The van der Waals surface area contributed by atoms with E-state index in [4.69, 9.17) is 5.73 Å². The minimum absolute atomic E-state index is 0.0000579. The fourth-order valence-corrected chi connectivity index (χ4v) is 5.43. The molecule has 0 unspecified atom stereocenters. The number of primary amides is 1. The van der Waals surface area contributed by atoms with Crippen LogP contribution in [0.4, 0.5) is 5.13 Å². The van der Waals surface area contributed by atoms with Crippen LogP contribution in [0, 0.1) is 11.8 Å². The molecule has 0 bridgehead atoms. The zero-order valence-electron chi connectivity index (χ0n) is 29.6. The number of aromatic nitrogens is 1. The molecule has 0 aliphatic heterocycles. The van der Waals surface area contributed by atoms with Gasteiger partial charge >= 0.3 is 0 Å². The van der Waals surface area contributed by atoms with E-state index in [0.717, 1.165) is 11.3 Å². The van der Waals surface area contributed by atoms with E-state index in [1.807, 2.05) is 0 Å². The van der Waals surface area contributed by atoms with Gasteiger partial charge in [-0.3, -0.25) is 43.2 Å². The summed E-state index contributed by atoms with van der Waals surface area (Å²) in [5, 5.41) is 20.6. The van der Waals surface area contributed by atoms with E-state index < -0.39 is 70.9 Å². The van der Waals surface area contributed by atoms with E-state index >= 15 is 0 Å². The van der Waals surface area contributed by atoms with Gasteiger partial charge in [0.15, 0.2) is 34.6 Å². The highest BCUT2D eigenvalue weighted by Crippen LogP contribution is 2.17. The third-order valence-electron chi connectivity index (χ3n) is 8.01. The summed E-state index contributed by atoms with van der Waals surface area (Å²) in [6.45, 7) is 5.83. The number of nitrogens with one attached hydrogen (secondary N) is 4. The average molecular weight is 743 g/mol. The van der Waals surface area contributed by atoms with Gasteiger partial charge in [-0.1, -0.05) is 37.3 Å². The number of hydrogen-bond donors (Lipinski definition) is 6. The molecule has 1 aromatic heterocycles. The van der Waals surface area contributed by atoms with E-state index in [-0.39, 0.29) is 63.0 Å². The summed E-state index contributed by atoms with van der Waals surface area (Å²) in [4.78, 5) is 115. The molecule has 0 radical (unpaired) electrons. The number of carbonyl (C=O) groups excluding carboxylic acids is 9. The smallest absolute Gasteiger partial charge is 0.223 e. The summed E-state index contributed by atoms with van der Waals surface area (Å²) in [5.74, 6) is -5.67. The van der Waals surface area contributed by atoms with Gasteiger partial charge < -0.3 is 32.1 Å². The number of nitrogens with two attached hydrogens (primary N) is 1. The number of hydrogen-bond acceptors (Lipinski definition) is 13. The van der Waals surface area contributed by atoms with Crippen LogP contribution in [0.2, 0.25) is 0 Å². The number of Topliss-reactive ketones (excluding diaryl/α,β-unsaturated/α-hetero) is 4. The van der Waals surface area contributed by atoms with Gasteiger partial charge in [-0.05, 0) is 38.0 Å². The summed E-state index contributed by atoms with van der Waals surface area (Å²) < 4.78 is 0. The fourth-order valence-electron chi connectivity index (χ4n) is 4.81. The Morgan fingerprint density at radius 1 is 0.788 bits per heavy atom. The van der Waals surface area contributed by atoms with Crippen LogP contribution in [-0.2, 0) is 44.8 Å². The topological polar surface area (TPSA) is 261 Å². The van der Waals surface area contributed by atoms with Gasteiger partial charge in [0.1, 0.15) is 5.75 Å². The molecule has 4 amide bonds. The number of anilines is 1. The first-order chi connectivity index (χ1) is 24.5. The normalized spacial score (nSPS) is 13.7. The molecule has 0 fully saturated rings. The molecule has 1 aromatic carbocycles. The van der Waals surface area contributed by atoms with Crippen LogP contribution < -0.4 is 27.0 Å². The number of aromatic hydroxyl groups is 1. The van der Waals surface area contributed by atoms with Crippen LogP contribution in [0.3, 0.4) is 0 Å². The van der Waals surface area contributed by atoms with Gasteiger partial charge in [0.25, 0.3) is 0 Å². The number of amides is 4. The SMILES string of the molecule is C[C@H](CC(=O)CNc1ncc(C=O)s1)C(=O)N[C@@H](C)C(=O)C[C@@H](C)C(=O)N[C@@H](Cc1ccc(O)cc1)C(=O)CCC(=O)N[C@@H](C)C(=O)CCC(N)=O. The Morgan fingerprint density at radius 2 is 1.38 bits per heavy atom. The minimum atomic E-state index is -1.09. The van der Waals surface area contributed by atoms with Crippen LogP contribution in [0.15, 0.2) is 30.5 Å². The van der Waals surface area contributed by atoms with Crippen molar-refractivity contribution in [1.82, 2.24) is 20.9 Å². The third kappa shape index (κ3) is 15.3. The first-order valence-electron chi connectivity index (χ1n) is 16.7. The molecule has 0 saturated heterocycles. The number of phenols is 1. The summed E-state index contributed by atoms with van der Waals surface area (Å²) in [7, 11) is 0. The van der Waals surface area contributed by atoms with Crippen molar-refractivity contribution >= 4 is 69.5 Å². The molecule has 5 atom stereocenters. The monoisotopic (exact) mass is 742 g/mol. The lowest BCUT2D eigenvalue weighted by molar-refractivity contribution is -0.134. The molecule has 0 saturated carbocycles. The van der Waals surface area contributed by atoms with Crippen LogP contribution in [0.5, 0.6) is 5.75 Å². The largest absolute Gasteiger partial charge is 0.508 e. The first kappa shape index (κ1) is 42.8. The quantitative estimate of drug-likeness (QED) is 0.0829. The predicted octanol–water partition coefficient (Wildman–Crippen LogP) is 1.18. The summed E-state index contributed by atoms with van der Waals surface area (Å²) >= 11 is 1.08. The number of ketones is 4. The fraction of sp³-hybridized carbons (Fsp3) is 0.486. The molecule has 2 aromatic rings. The predicted molar refractivity (Wildman–Crippen MR) is 190 cm³/mol. The number of phenolic OH excluding ortho intramolecular Hbond substituents is 1. The summed E-state index contributed by atoms with van der Waals surface area (Å²) in [6.07, 6.45) is 0.791. The lowest BCUT2D eigenvalue weighted by atomic mass is 9.96. The first-order valence-corrected chi connectivity index (χ1v) is 17.5. The Balaban J connectivity index is 1.93. The van der Waals surface area contributed by atoms with Crippen LogP contribution in [0.25, 0.3) is 0 Å². The second kappa shape index (κ2) is 21.1. The second-order valence-corrected chi connectivity index (χ2v) is 13.7. The highest BCUT2D eigenvalue weighted by Gasteiger charge is 2.28. The van der Waals surface area contributed by atoms with Gasteiger partial charge in [-0.2, -0.15) is 0 Å². The van der Waals surface area contributed by atoms with E-state index in [1.165, 1.54) is 46.0 Å². The van der Waals surface area contributed by atoms with E-state index in [0.29, 0.717) is 21.9 Å². The molecule has 1 heterocycles. The van der Waals surface area contributed by atoms with Gasteiger partial charge in [0.05, 0.1) is 35.7 Å². The lowest BCUT2D eigenvalue weighted by Crippen LogP contribution is -2.46. The van der Waals surface area contributed by atoms with E-state index in [2.05, 4.69) is 26.3 Å². The van der Waals surface area contributed by atoms with E-state index in [1.54, 1.807) is 12.1 Å². The van der Waals surface area contributed by atoms with Crippen molar-refractivity contribution in [2.45, 2.75) is 90.8 Å². The standard InChI is InChI=1S/C35H46N6O10S/c1-19(13-25(44)16-37-35-38-17-26(18-42)52-35)33(50)40-22(4)30(47)14-20(2)34(51)41-27(15-23-5-7-24(43)8-6-23)29(46)10-12-32(49)39-21(3)28(45)9-11-31(36)48/h5-8,17-22,27,43H,9-16H2,1-4H3,(H2,36,48)(H,37,38)(H,39,49)(H,40,50)(H,41,51)/t19-,20-,21+,22+,27+/m1/s1. The molecule has 2 rings (SSSR count). The van der Waals surface area contributed by atoms with Crippen molar-refractivity contribution in [3.05, 3.63) is 40.9 Å². The maximum atomic E-state index is 13.3. The Morgan fingerprint density at radius 3 is 2.00 bits per heavy atom. The minimum Gasteiger partial charge on any atom is -0.508 e. The highest BCUT2D eigenvalue weighted by atomic mass is 32.1. The molecule has 282 valence electrons. The third-order valence-corrected chi connectivity index (χ3v) is 8.89. The molecule has 7 N–H and O–H groups in total. The molecule has 52 heavy (non-hydrogen) atoms. The summed E-state index contributed by atoms with van der Waals surface area (Å²) in [5.41, 5.74) is 5.66. The number of benzene rings is 1. The Labute approximate surface area is 305 Å². The molecule has 0 aliphatic rings. The lowest BCUT2D eigenvalue weighted by Gasteiger charge is -2.22. The van der Waals surface area contributed by atoms with Crippen molar-refractivity contribution in [1.29, 1.82) is 0 Å². The number of aldehydes is 1. The molecule has 16 nitrogen and oxygen atoms in total. The molecule has 0 aliphatic carbocycles. The molecular formula is C35H46N6O10S. The highest BCUT2D eigenvalue weighted by molar-refractivity contribution is 7.17. The van der Waals surface area contributed by atoms with Crippen molar-refractivity contribution in [2.24, 2.45) is 17.6 Å². The molecular weight excluding hydrogens is 696 g/mol. The van der Waals surface area contributed by atoms with Gasteiger partial charge in [-0.25, -0.2) is 4.98 Å². The van der Waals surface area contributed by atoms with Gasteiger partial charge in [0.2, 0.25) is 23.6 Å². The van der Waals surface area contributed by atoms with Crippen LogP contribution in [-0.4, -0.2) is 87.8 Å². The van der Waals surface area contributed by atoms with Crippen molar-refractivity contribution in [2.75, 3.05) is 11.9 Å². The maximum Gasteiger partial charge on any atom is 0.223 e. The average Bonchev–Trinajstić information content (AvgIpc) is 3.57. The number of nitrogens with zero attached hydrogens (tertiary/aromatic N) is 1. The van der Waals surface area contributed by atoms with Crippen molar-refractivity contribution in [3.8, 4) is 5.75 Å². The zero-order chi connectivity index (χ0) is 39.0. The Hall–Kier alpha value is -5.32. The van der Waals surface area contributed by atoms with Crippen molar-refractivity contribution < 1.29 is 48.3 Å². The van der Waals surface area contributed by atoms with Gasteiger partial charge in [-0.15, -0.1) is 0 Å². The van der Waals surface area contributed by atoms with Crippen LogP contribution in [0.1, 0.15) is 81.5 Å². The van der Waals surface area contributed by atoms with E-state index in [9.17, 15) is 48.3 Å². The number of carbonyl (C=O) groups is 9. The molecule has 17 heteroatoms. The van der Waals surface area contributed by atoms with Crippen LogP contribution >= 0.6 is 11.3 Å². The van der Waals surface area contributed by atoms with Gasteiger partial charge in [0, 0.05) is 50.4 Å². The number of thiazole rings is 1. The van der Waals surface area contributed by atoms with Crippen molar-refractivity contribution in [3.63, 3.8) is 0 Å². The maximum absolute atomic E-state index is 13.3. The zero-order valence-corrected chi connectivity index (χ0v) is 30.4. The summed E-state index contributed by atoms with van der Waals surface area (Å²) in [6, 6.07) is 3.01. The Kier molecular flexibility index (Phi) is 17.4. The Bertz CT molecular complexity index is 1630.